The van der Waals surface area contributed by atoms with Gasteiger partial charge in [-0.1, -0.05) is 47.4 Å². The van der Waals surface area contributed by atoms with E-state index in [1.165, 1.54) is 28.7 Å². The third-order valence-corrected chi connectivity index (χ3v) is 6.72. The maximum absolute atomic E-state index is 12.6. The van der Waals surface area contributed by atoms with Crippen molar-refractivity contribution in [1.82, 2.24) is 20.2 Å². The number of nitriles is 1. The van der Waals surface area contributed by atoms with Gasteiger partial charge in [-0.15, -0.1) is 10.2 Å². The molecular weight excluding hydrogens is 416 g/mol. The van der Waals surface area contributed by atoms with Gasteiger partial charge >= 0.3 is 0 Å². The highest BCUT2D eigenvalue weighted by atomic mass is 32.2. The maximum atomic E-state index is 12.6. The molecule has 2 heterocycles. The Morgan fingerprint density at radius 1 is 1.23 bits per heavy atom. The topological polar surface area (TPSA) is 107 Å². The fourth-order valence-corrected chi connectivity index (χ4v) is 4.60. The Labute approximate surface area is 181 Å². The Morgan fingerprint density at radius 2 is 2.07 bits per heavy atom. The minimum atomic E-state index is -0.939. The van der Waals surface area contributed by atoms with E-state index >= 15 is 0 Å². The Morgan fingerprint density at radius 3 is 2.87 bits per heavy atom. The highest BCUT2D eigenvalue weighted by Gasteiger charge is 2.24. The molecule has 0 bridgehead atoms. The standard InChI is InChI=1S/C21H18N6OS2/c1-12-6-5-9-15(13(12)2)25-20-26-27-21(30-20)29-11-18(28)14(10-22)19-23-16-7-3-4-8-17(16)24-19/h3-9,14H,11H2,1-2H3,(H,23,24)(H,25,26). The summed E-state index contributed by atoms with van der Waals surface area (Å²) >= 11 is 2.65. The van der Waals surface area contributed by atoms with Gasteiger partial charge in [0.2, 0.25) is 5.13 Å². The predicted molar refractivity (Wildman–Crippen MR) is 119 cm³/mol. The number of carbonyl (C=O) groups excluding carboxylic acids is 1. The quantitative estimate of drug-likeness (QED) is 0.404. The van der Waals surface area contributed by atoms with E-state index in [0.29, 0.717) is 15.3 Å². The van der Waals surface area contributed by atoms with Gasteiger partial charge in [-0.3, -0.25) is 4.79 Å². The SMILES string of the molecule is Cc1cccc(Nc2nnc(SCC(=O)C(C#N)c3nc4ccccc4[nH]3)s2)c1C. The number of anilines is 2. The Hall–Kier alpha value is -3.22. The molecule has 4 aromatic rings. The summed E-state index contributed by atoms with van der Waals surface area (Å²) in [4.78, 5) is 20.1. The van der Waals surface area contributed by atoms with Crippen molar-refractivity contribution in [3.8, 4) is 6.07 Å². The van der Waals surface area contributed by atoms with Gasteiger partial charge in [0.15, 0.2) is 16.0 Å². The summed E-state index contributed by atoms with van der Waals surface area (Å²) in [6, 6.07) is 15.5. The van der Waals surface area contributed by atoms with Crippen LogP contribution in [0.3, 0.4) is 0 Å². The minimum Gasteiger partial charge on any atom is -0.340 e. The number of nitrogens with zero attached hydrogens (tertiary/aromatic N) is 4. The maximum Gasteiger partial charge on any atom is 0.210 e. The number of carbonyl (C=O) groups is 1. The van der Waals surface area contributed by atoms with Gasteiger partial charge in [0.05, 0.1) is 22.9 Å². The molecule has 0 amide bonds. The number of fused-ring (bicyclic) bond motifs is 1. The Bertz CT molecular complexity index is 1220. The van der Waals surface area contributed by atoms with E-state index < -0.39 is 5.92 Å². The van der Waals surface area contributed by atoms with Crippen molar-refractivity contribution in [3.63, 3.8) is 0 Å². The number of hydrogen-bond donors (Lipinski definition) is 2. The summed E-state index contributed by atoms with van der Waals surface area (Å²) in [5.41, 5.74) is 4.87. The lowest BCUT2D eigenvalue weighted by molar-refractivity contribution is -0.117. The second-order valence-corrected chi connectivity index (χ2v) is 8.90. The molecule has 0 aliphatic rings. The number of rotatable bonds is 7. The summed E-state index contributed by atoms with van der Waals surface area (Å²) in [7, 11) is 0. The van der Waals surface area contributed by atoms with Crippen LogP contribution in [0.1, 0.15) is 22.9 Å². The number of H-pyrrole nitrogens is 1. The van der Waals surface area contributed by atoms with E-state index in [1.54, 1.807) is 0 Å². The van der Waals surface area contributed by atoms with Crippen LogP contribution in [0.2, 0.25) is 0 Å². The van der Waals surface area contributed by atoms with Crippen LogP contribution in [0.15, 0.2) is 46.8 Å². The Kier molecular flexibility index (Phi) is 5.79. The first kappa shape index (κ1) is 20.1. The van der Waals surface area contributed by atoms with Gasteiger partial charge in [0.25, 0.3) is 0 Å². The normalized spacial score (nSPS) is 11.9. The number of nitrogens with one attached hydrogen (secondary N) is 2. The minimum absolute atomic E-state index is 0.118. The van der Waals surface area contributed by atoms with E-state index in [9.17, 15) is 10.1 Å². The average molecular weight is 435 g/mol. The summed E-state index contributed by atoms with van der Waals surface area (Å²) in [5.74, 6) is -0.669. The molecular formula is C21H18N6OS2. The molecule has 0 saturated heterocycles. The van der Waals surface area contributed by atoms with Crippen LogP contribution in [0.25, 0.3) is 11.0 Å². The molecule has 4 rings (SSSR count). The van der Waals surface area contributed by atoms with Crippen LogP contribution in [0, 0.1) is 25.2 Å². The molecule has 9 heteroatoms. The number of imidazole rings is 1. The highest BCUT2D eigenvalue weighted by molar-refractivity contribution is 8.01. The van der Waals surface area contributed by atoms with Crippen molar-refractivity contribution in [2.75, 3.05) is 11.1 Å². The van der Waals surface area contributed by atoms with Crippen LogP contribution in [-0.2, 0) is 4.79 Å². The number of ketones is 1. The molecule has 1 unspecified atom stereocenters. The summed E-state index contributed by atoms with van der Waals surface area (Å²) in [5, 5.41) is 21.7. The molecule has 0 saturated carbocycles. The number of benzene rings is 2. The first-order valence-corrected chi connectivity index (χ1v) is 11.0. The van der Waals surface area contributed by atoms with E-state index in [4.69, 9.17) is 0 Å². The first-order chi connectivity index (χ1) is 14.5. The van der Waals surface area contributed by atoms with Gasteiger partial charge in [0.1, 0.15) is 5.82 Å². The zero-order valence-corrected chi connectivity index (χ0v) is 18.0. The van der Waals surface area contributed by atoms with Crippen LogP contribution >= 0.6 is 23.1 Å². The fourth-order valence-electron chi connectivity index (χ4n) is 2.93. The van der Waals surface area contributed by atoms with Gasteiger partial charge in [-0.2, -0.15) is 5.26 Å². The molecule has 150 valence electrons. The molecule has 7 nitrogen and oxygen atoms in total. The molecule has 2 aromatic heterocycles. The Balaban J connectivity index is 1.41. The van der Waals surface area contributed by atoms with Crippen molar-refractivity contribution in [1.29, 1.82) is 5.26 Å². The fraction of sp³-hybridized carbons (Fsp3) is 0.190. The average Bonchev–Trinajstić information content (AvgIpc) is 3.37. The summed E-state index contributed by atoms with van der Waals surface area (Å²) < 4.78 is 0.664. The van der Waals surface area contributed by atoms with Gasteiger partial charge in [-0.05, 0) is 43.2 Å². The molecule has 0 aliphatic carbocycles. The first-order valence-electron chi connectivity index (χ1n) is 9.21. The number of thioether (sulfide) groups is 1. The summed E-state index contributed by atoms with van der Waals surface area (Å²) in [6.45, 7) is 4.11. The van der Waals surface area contributed by atoms with Gasteiger partial charge < -0.3 is 10.3 Å². The molecule has 0 aliphatic heterocycles. The molecule has 30 heavy (non-hydrogen) atoms. The monoisotopic (exact) mass is 434 g/mol. The number of hydrogen-bond acceptors (Lipinski definition) is 8. The zero-order valence-electron chi connectivity index (χ0n) is 16.3. The third-order valence-electron chi connectivity index (χ3n) is 4.72. The molecule has 2 aromatic carbocycles. The molecule has 1 atom stereocenters. The van der Waals surface area contributed by atoms with Crippen LogP contribution in [0.5, 0.6) is 0 Å². The molecule has 0 fully saturated rings. The second-order valence-electron chi connectivity index (χ2n) is 6.70. The second kappa shape index (κ2) is 8.65. The van der Waals surface area contributed by atoms with Crippen molar-refractivity contribution in [2.45, 2.75) is 24.1 Å². The lowest BCUT2D eigenvalue weighted by Gasteiger charge is -2.08. The smallest absolute Gasteiger partial charge is 0.210 e. The zero-order chi connectivity index (χ0) is 21.1. The van der Waals surface area contributed by atoms with Crippen LogP contribution in [-0.4, -0.2) is 31.7 Å². The summed E-state index contributed by atoms with van der Waals surface area (Å²) in [6.07, 6.45) is 0. The van der Waals surface area contributed by atoms with Crippen molar-refractivity contribution in [2.24, 2.45) is 0 Å². The highest BCUT2D eigenvalue weighted by Crippen LogP contribution is 2.30. The molecule has 0 radical (unpaired) electrons. The molecule has 2 N–H and O–H groups in total. The van der Waals surface area contributed by atoms with E-state index in [2.05, 4.69) is 44.5 Å². The van der Waals surface area contributed by atoms with Gasteiger partial charge in [0, 0.05) is 5.69 Å². The number of Topliss-reactive ketones (excluding diaryl/α,β-unsaturated/α-hetero) is 1. The number of aryl methyl sites for hydroxylation is 1. The lowest BCUT2D eigenvalue weighted by atomic mass is 10.1. The van der Waals surface area contributed by atoms with E-state index in [-0.39, 0.29) is 11.5 Å². The lowest BCUT2D eigenvalue weighted by Crippen LogP contribution is -2.14. The van der Waals surface area contributed by atoms with Crippen LogP contribution in [0.4, 0.5) is 10.8 Å². The van der Waals surface area contributed by atoms with E-state index in [1.807, 2.05) is 43.3 Å². The van der Waals surface area contributed by atoms with Crippen LogP contribution < -0.4 is 5.32 Å². The van der Waals surface area contributed by atoms with Crippen molar-refractivity contribution >= 4 is 50.7 Å². The van der Waals surface area contributed by atoms with Gasteiger partial charge in [-0.25, -0.2) is 4.98 Å². The number of aromatic amines is 1. The number of para-hydroxylation sites is 2. The van der Waals surface area contributed by atoms with E-state index in [0.717, 1.165) is 22.3 Å². The molecule has 0 spiro atoms. The van der Waals surface area contributed by atoms with Crippen molar-refractivity contribution in [3.05, 3.63) is 59.4 Å². The third kappa shape index (κ3) is 4.20. The predicted octanol–water partition coefficient (Wildman–Crippen LogP) is 4.74. The number of aromatic nitrogens is 4. The van der Waals surface area contributed by atoms with Crippen molar-refractivity contribution < 1.29 is 4.79 Å². The largest absolute Gasteiger partial charge is 0.340 e.